The van der Waals surface area contributed by atoms with Crippen LogP contribution >= 0.6 is 0 Å². The molecule has 3 rings (SSSR count). The quantitative estimate of drug-likeness (QED) is 0.866. The average molecular weight is 338 g/mol. The smallest absolute Gasteiger partial charge is 0.226 e. The Morgan fingerprint density at radius 3 is 3.00 bits per heavy atom. The molecule has 0 radical (unpaired) electrons. The van der Waals surface area contributed by atoms with Gasteiger partial charge in [-0.3, -0.25) is 9.78 Å². The molecule has 130 valence electrons. The minimum atomic E-state index is 0.0624. The van der Waals surface area contributed by atoms with E-state index in [0.717, 1.165) is 23.1 Å². The third kappa shape index (κ3) is 3.99. The summed E-state index contributed by atoms with van der Waals surface area (Å²) < 4.78 is 5.70. The molecule has 0 saturated heterocycles. The number of pyridine rings is 1. The lowest BCUT2D eigenvalue weighted by Crippen LogP contribution is -2.31. The van der Waals surface area contributed by atoms with Crippen LogP contribution in [0.3, 0.4) is 0 Å². The van der Waals surface area contributed by atoms with E-state index in [4.69, 9.17) is 4.74 Å². The number of amides is 1. The Balaban J connectivity index is 1.88. The first kappa shape index (κ1) is 17.0. The zero-order chi connectivity index (χ0) is 17.6. The fourth-order valence-corrected chi connectivity index (χ4v) is 2.89. The van der Waals surface area contributed by atoms with E-state index in [1.807, 2.05) is 37.3 Å². The van der Waals surface area contributed by atoms with Crippen LogP contribution in [0.15, 0.2) is 48.8 Å². The van der Waals surface area contributed by atoms with E-state index in [1.165, 1.54) is 0 Å². The highest BCUT2D eigenvalue weighted by Crippen LogP contribution is 2.37. The summed E-state index contributed by atoms with van der Waals surface area (Å²) in [6.45, 7) is 3.35. The topological polar surface area (TPSA) is 62.7 Å². The van der Waals surface area contributed by atoms with Crippen LogP contribution in [0.1, 0.15) is 25.3 Å². The van der Waals surface area contributed by atoms with Gasteiger partial charge < -0.3 is 14.7 Å². The molecule has 1 aliphatic heterocycles. The number of carbonyl (C=O) groups is 1. The van der Waals surface area contributed by atoms with Crippen molar-refractivity contribution in [1.82, 2.24) is 9.88 Å². The molecule has 5 heteroatoms. The molecule has 0 fully saturated rings. The summed E-state index contributed by atoms with van der Waals surface area (Å²) >= 11 is 0. The molecule has 0 bridgehead atoms. The van der Waals surface area contributed by atoms with Crippen LogP contribution < -0.4 is 4.74 Å². The maximum atomic E-state index is 12.4. The molecule has 1 aromatic carbocycles. The van der Waals surface area contributed by atoms with Gasteiger partial charge >= 0.3 is 0 Å². The highest BCUT2D eigenvalue weighted by atomic mass is 16.5. The number of fused-ring (bicyclic) bond motifs is 1. The first-order chi connectivity index (χ1) is 12.2. The SMILES string of the molecule is CC/C=C/CC(=O)N1CCOc2c(O)cc(-c3cccnc3)cc2C1. The van der Waals surface area contributed by atoms with Gasteiger partial charge in [0.2, 0.25) is 5.91 Å². The van der Waals surface area contributed by atoms with Gasteiger partial charge in [-0.25, -0.2) is 0 Å². The van der Waals surface area contributed by atoms with Gasteiger partial charge in [-0.05, 0) is 30.2 Å². The number of aromatic nitrogens is 1. The largest absolute Gasteiger partial charge is 0.504 e. The zero-order valence-corrected chi connectivity index (χ0v) is 14.3. The fourth-order valence-electron chi connectivity index (χ4n) is 2.89. The second-order valence-corrected chi connectivity index (χ2v) is 5.97. The Morgan fingerprint density at radius 2 is 2.24 bits per heavy atom. The summed E-state index contributed by atoms with van der Waals surface area (Å²) in [7, 11) is 0. The molecule has 2 heterocycles. The summed E-state index contributed by atoms with van der Waals surface area (Å²) in [4.78, 5) is 18.3. The van der Waals surface area contributed by atoms with Crippen LogP contribution in [-0.4, -0.2) is 34.0 Å². The number of hydrogen-bond donors (Lipinski definition) is 1. The number of phenolic OH excluding ortho intramolecular Hbond substituents is 1. The summed E-state index contributed by atoms with van der Waals surface area (Å²) in [5.74, 6) is 0.621. The molecule has 0 saturated carbocycles. The van der Waals surface area contributed by atoms with Crippen molar-refractivity contribution in [2.75, 3.05) is 13.2 Å². The third-order valence-corrected chi connectivity index (χ3v) is 4.16. The molecule has 0 atom stereocenters. The Hall–Kier alpha value is -2.82. The minimum absolute atomic E-state index is 0.0624. The van der Waals surface area contributed by atoms with Gasteiger partial charge in [0, 0.05) is 36.5 Å². The molecular weight excluding hydrogens is 316 g/mol. The molecule has 1 N–H and O–H groups in total. The third-order valence-electron chi connectivity index (χ3n) is 4.16. The lowest BCUT2D eigenvalue weighted by atomic mass is 10.0. The Morgan fingerprint density at radius 1 is 1.36 bits per heavy atom. The molecule has 0 spiro atoms. The van der Waals surface area contributed by atoms with Crippen LogP contribution in [-0.2, 0) is 11.3 Å². The molecule has 1 aliphatic rings. The van der Waals surface area contributed by atoms with Crippen LogP contribution in [0, 0.1) is 0 Å². The number of nitrogens with zero attached hydrogens (tertiary/aromatic N) is 2. The highest BCUT2D eigenvalue weighted by Gasteiger charge is 2.22. The second-order valence-electron chi connectivity index (χ2n) is 5.97. The van der Waals surface area contributed by atoms with Crippen LogP contribution in [0.5, 0.6) is 11.5 Å². The summed E-state index contributed by atoms with van der Waals surface area (Å²) in [5.41, 5.74) is 2.57. The van der Waals surface area contributed by atoms with E-state index in [1.54, 1.807) is 23.4 Å². The van der Waals surface area contributed by atoms with Gasteiger partial charge in [-0.1, -0.05) is 25.1 Å². The van der Waals surface area contributed by atoms with E-state index in [2.05, 4.69) is 4.98 Å². The Bertz CT molecular complexity index is 772. The predicted octanol–water partition coefficient (Wildman–Crippen LogP) is 3.53. The number of ether oxygens (including phenoxy) is 1. The van der Waals surface area contributed by atoms with E-state index in [0.29, 0.717) is 31.9 Å². The molecule has 0 unspecified atom stereocenters. The fraction of sp³-hybridized carbons (Fsp3) is 0.300. The average Bonchev–Trinajstić information content (AvgIpc) is 2.85. The summed E-state index contributed by atoms with van der Waals surface area (Å²) in [6, 6.07) is 7.42. The number of phenols is 1. The van der Waals surface area contributed by atoms with Gasteiger partial charge in [0.05, 0.1) is 6.54 Å². The van der Waals surface area contributed by atoms with Crippen LogP contribution in [0.2, 0.25) is 0 Å². The van der Waals surface area contributed by atoms with E-state index in [9.17, 15) is 9.90 Å². The van der Waals surface area contributed by atoms with Gasteiger partial charge in [-0.15, -0.1) is 0 Å². The van der Waals surface area contributed by atoms with Crippen molar-refractivity contribution < 1.29 is 14.6 Å². The maximum Gasteiger partial charge on any atom is 0.226 e. The van der Waals surface area contributed by atoms with Crippen molar-refractivity contribution >= 4 is 5.91 Å². The van der Waals surface area contributed by atoms with E-state index >= 15 is 0 Å². The lowest BCUT2D eigenvalue weighted by Gasteiger charge is -2.19. The van der Waals surface area contributed by atoms with Crippen LogP contribution in [0.4, 0.5) is 0 Å². The lowest BCUT2D eigenvalue weighted by molar-refractivity contribution is -0.131. The van der Waals surface area contributed by atoms with Crippen molar-refractivity contribution in [1.29, 1.82) is 0 Å². The first-order valence-electron chi connectivity index (χ1n) is 8.51. The zero-order valence-electron chi connectivity index (χ0n) is 14.3. The maximum absolute atomic E-state index is 12.4. The van der Waals surface area contributed by atoms with Crippen molar-refractivity contribution in [3.05, 3.63) is 54.4 Å². The van der Waals surface area contributed by atoms with Crippen molar-refractivity contribution in [2.45, 2.75) is 26.3 Å². The Kier molecular flexibility index (Phi) is 5.33. The summed E-state index contributed by atoms with van der Waals surface area (Å²) in [5, 5.41) is 10.4. The Labute approximate surface area is 147 Å². The predicted molar refractivity (Wildman–Crippen MR) is 96.3 cm³/mol. The molecule has 1 aromatic heterocycles. The van der Waals surface area contributed by atoms with Gasteiger partial charge in [-0.2, -0.15) is 0 Å². The number of aromatic hydroxyl groups is 1. The van der Waals surface area contributed by atoms with Crippen LogP contribution in [0.25, 0.3) is 11.1 Å². The number of hydrogen-bond acceptors (Lipinski definition) is 4. The second kappa shape index (κ2) is 7.83. The number of carbonyl (C=O) groups excluding carboxylic acids is 1. The van der Waals surface area contributed by atoms with Gasteiger partial charge in [0.1, 0.15) is 6.61 Å². The minimum Gasteiger partial charge on any atom is -0.504 e. The molecular formula is C20H22N2O3. The van der Waals surface area contributed by atoms with Crippen molar-refractivity contribution in [3.8, 4) is 22.6 Å². The highest BCUT2D eigenvalue weighted by molar-refractivity contribution is 5.78. The van der Waals surface area contributed by atoms with E-state index < -0.39 is 0 Å². The normalized spacial score (nSPS) is 14.0. The number of benzene rings is 1. The van der Waals surface area contributed by atoms with Gasteiger partial charge in [0.25, 0.3) is 0 Å². The summed E-state index contributed by atoms with van der Waals surface area (Å²) in [6.07, 6.45) is 8.65. The van der Waals surface area contributed by atoms with Crippen molar-refractivity contribution in [3.63, 3.8) is 0 Å². The number of rotatable bonds is 4. The van der Waals surface area contributed by atoms with Crippen molar-refractivity contribution in [2.24, 2.45) is 0 Å². The number of allylic oxidation sites excluding steroid dienone is 1. The molecule has 0 aliphatic carbocycles. The van der Waals surface area contributed by atoms with E-state index in [-0.39, 0.29) is 11.7 Å². The monoisotopic (exact) mass is 338 g/mol. The molecule has 5 nitrogen and oxygen atoms in total. The molecule has 1 amide bonds. The van der Waals surface area contributed by atoms with Gasteiger partial charge in [0.15, 0.2) is 11.5 Å². The standard InChI is InChI=1S/C20H22N2O3/c1-2-3-4-7-19(24)22-9-10-25-20-17(14-22)11-16(12-18(20)23)15-6-5-8-21-13-15/h3-6,8,11-13,23H,2,7,9-10,14H2,1H3/b4-3+. The molecule has 25 heavy (non-hydrogen) atoms. The first-order valence-corrected chi connectivity index (χ1v) is 8.51. The molecule has 2 aromatic rings.